The summed E-state index contributed by atoms with van der Waals surface area (Å²) in [6.07, 6.45) is 7.67. The molecule has 1 aromatic rings. The summed E-state index contributed by atoms with van der Waals surface area (Å²) < 4.78 is 0. The van der Waals surface area contributed by atoms with E-state index in [2.05, 4.69) is 22.9 Å². The van der Waals surface area contributed by atoms with Crippen LogP contribution in [0.15, 0.2) is 29.5 Å². The molecule has 0 spiro atoms. The van der Waals surface area contributed by atoms with E-state index in [0.29, 0.717) is 11.3 Å². The van der Waals surface area contributed by atoms with Gasteiger partial charge in [-0.2, -0.15) is 0 Å². The Hall–Kier alpha value is -1.03. The smallest absolute Gasteiger partial charge is 0.160 e. The number of thioether (sulfide) groups is 1. The SMILES string of the molecule is C[C@@H]1CN=C(N2CCCC[C@H]2c2cccnc2)S1. The van der Waals surface area contributed by atoms with Crippen LogP contribution in [-0.2, 0) is 0 Å². The summed E-state index contributed by atoms with van der Waals surface area (Å²) in [5.41, 5.74) is 1.33. The molecule has 18 heavy (non-hydrogen) atoms. The molecule has 0 aromatic carbocycles. The van der Waals surface area contributed by atoms with Gasteiger partial charge in [0.2, 0.25) is 0 Å². The maximum Gasteiger partial charge on any atom is 0.160 e. The van der Waals surface area contributed by atoms with E-state index < -0.39 is 0 Å². The van der Waals surface area contributed by atoms with Crippen molar-refractivity contribution in [2.75, 3.05) is 13.1 Å². The lowest BCUT2D eigenvalue weighted by Crippen LogP contribution is -2.36. The zero-order valence-electron chi connectivity index (χ0n) is 10.7. The van der Waals surface area contributed by atoms with E-state index in [-0.39, 0.29) is 0 Å². The van der Waals surface area contributed by atoms with Crippen LogP contribution in [0.1, 0.15) is 37.8 Å². The van der Waals surface area contributed by atoms with Gasteiger partial charge in [-0.05, 0) is 30.9 Å². The number of hydrogen-bond acceptors (Lipinski definition) is 4. The molecule has 0 saturated carbocycles. The summed E-state index contributed by atoms with van der Waals surface area (Å²) >= 11 is 1.93. The van der Waals surface area contributed by atoms with Gasteiger partial charge in [-0.15, -0.1) is 0 Å². The molecule has 3 nitrogen and oxygen atoms in total. The van der Waals surface area contributed by atoms with Crippen molar-refractivity contribution in [3.63, 3.8) is 0 Å². The lowest BCUT2D eigenvalue weighted by Gasteiger charge is -2.37. The third kappa shape index (κ3) is 2.39. The van der Waals surface area contributed by atoms with Gasteiger partial charge < -0.3 is 4.90 Å². The Kier molecular flexibility index (Phi) is 3.55. The summed E-state index contributed by atoms with van der Waals surface area (Å²) in [5, 5.41) is 1.88. The van der Waals surface area contributed by atoms with E-state index in [0.717, 1.165) is 13.1 Å². The van der Waals surface area contributed by atoms with E-state index >= 15 is 0 Å². The fraction of sp³-hybridized carbons (Fsp3) is 0.571. The molecule has 1 fully saturated rings. The highest BCUT2D eigenvalue weighted by Gasteiger charge is 2.29. The second-order valence-corrected chi connectivity index (χ2v) is 6.45. The van der Waals surface area contributed by atoms with Gasteiger partial charge in [0, 0.05) is 24.2 Å². The number of hydrogen-bond donors (Lipinski definition) is 0. The van der Waals surface area contributed by atoms with Crippen LogP contribution in [0, 0.1) is 0 Å². The number of amidine groups is 1. The number of aliphatic imine (C=N–C) groups is 1. The number of piperidine rings is 1. The van der Waals surface area contributed by atoms with Crippen molar-refractivity contribution in [2.45, 2.75) is 37.5 Å². The number of likely N-dealkylation sites (tertiary alicyclic amines) is 1. The molecule has 3 heterocycles. The molecule has 0 aliphatic carbocycles. The van der Waals surface area contributed by atoms with Crippen LogP contribution >= 0.6 is 11.8 Å². The summed E-state index contributed by atoms with van der Waals surface area (Å²) in [6.45, 7) is 4.36. The van der Waals surface area contributed by atoms with Crippen LogP contribution in [0.2, 0.25) is 0 Å². The fourth-order valence-electron chi connectivity index (χ4n) is 2.70. The van der Waals surface area contributed by atoms with Crippen molar-refractivity contribution >= 4 is 16.9 Å². The number of nitrogens with zero attached hydrogens (tertiary/aromatic N) is 3. The first kappa shape index (κ1) is 12.0. The molecular formula is C14H19N3S. The number of aromatic nitrogens is 1. The molecule has 2 aliphatic rings. The zero-order valence-corrected chi connectivity index (χ0v) is 11.6. The molecule has 3 rings (SSSR count). The lowest BCUT2D eigenvalue weighted by molar-refractivity contribution is 0.249. The first-order valence-corrected chi connectivity index (χ1v) is 7.60. The summed E-state index contributed by atoms with van der Waals surface area (Å²) in [5.74, 6) is 0. The minimum absolute atomic E-state index is 0.476. The third-order valence-electron chi connectivity index (χ3n) is 3.61. The third-order valence-corrected chi connectivity index (χ3v) is 4.73. The van der Waals surface area contributed by atoms with E-state index in [9.17, 15) is 0 Å². The maximum absolute atomic E-state index is 4.70. The van der Waals surface area contributed by atoms with E-state index in [1.807, 2.05) is 30.2 Å². The van der Waals surface area contributed by atoms with Crippen molar-refractivity contribution in [1.82, 2.24) is 9.88 Å². The largest absolute Gasteiger partial charge is 0.344 e. The molecule has 0 radical (unpaired) electrons. The predicted molar refractivity (Wildman–Crippen MR) is 76.9 cm³/mol. The van der Waals surface area contributed by atoms with E-state index in [1.54, 1.807) is 0 Å². The number of pyridine rings is 1. The molecule has 2 aliphatic heterocycles. The molecule has 96 valence electrons. The zero-order chi connectivity index (χ0) is 12.4. The Morgan fingerprint density at radius 1 is 1.39 bits per heavy atom. The monoisotopic (exact) mass is 261 g/mol. The lowest BCUT2D eigenvalue weighted by atomic mass is 9.97. The molecule has 0 amide bonds. The standard InChI is InChI=1S/C14H19N3S/c1-11-9-16-14(18-11)17-8-3-2-6-13(17)12-5-4-7-15-10-12/h4-5,7,10-11,13H,2-3,6,8-9H2,1H3/t11-,13+/m1/s1. The average Bonchev–Trinajstić information content (AvgIpc) is 2.86. The molecule has 0 N–H and O–H groups in total. The second-order valence-electron chi connectivity index (χ2n) is 5.04. The van der Waals surface area contributed by atoms with Gasteiger partial charge >= 0.3 is 0 Å². The first-order valence-electron chi connectivity index (χ1n) is 6.72. The molecule has 0 unspecified atom stereocenters. The fourth-order valence-corrected chi connectivity index (χ4v) is 3.71. The topological polar surface area (TPSA) is 28.5 Å². The predicted octanol–water partition coefficient (Wildman–Crippen LogP) is 3.10. The normalized spacial score (nSPS) is 28.3. The molecule has 4 heteroatoms. The Bertz CT molecular complexity index is 432. The molecule has 1 saturated heterocycles. The second kappa shape index (κ2) is 5.31. The van der Waals surface area contributed by atoms with E-state index in [4.69, 9.17) is 4.99 Å². The van der Waals surface area contributed by atoms with E-state index in [1.165, 1.54) is 30.0 Å². The van der Waals surface area contributed by atoms with Crippen molar-refractivity contribution in [3.05, 3.63) is 30.1 Å². The minimum atomic E-state index is 0.476. The maximum atomic E-state index is 4.70. The van der Waals surface area contributed by atoms with Crippen LogP contribution in [-0.4, -0.2) is 33.4 Å². The van der Waals surface area contributed by atoms with Crippen molar-refractivity contribution in [1.29, 1.82) is 0 Å². The van der Waals surface area contributed by atoms with Gasteiger partial charge in [0.15, 0.2) is 5.17 Å². The van der Waals surface area contributed by atoms with Crippen LogP contribution < -0.4 is 0 Å². The average molecular weight is 261 g/mol. The molecule has 2 atom stereocenters. The molecule has 0 bridgehead atoms. The van der Waals surface area contributed by atoms with Crippen LogP contribution in [0.25, 0.3) is 0 Å². The first-order chi connectivity index (χ1) is 8.84. The van der Waals surface area contributed by atoms with Gasteiger partial charge in [0.1, 0.15) is 0 Å². The van der Waals surface area contributed by atoms with Gasteiger partial charge in [0.25, 0.3) is 0 Å². The Morgan fingerprint density at radius 3 is 3.06 bits per heavy atom. The minimum Gasteiger partial charge on any atom is -0.344 e. The Balaban J connectivity index is 1.83. The van der Waals surface area contributed by atoms with Gasteiger partial charge in [-0.3, -0.25) is 9.98 Å². The van der Waals surface area contributed by atoms with Gasteiger partial charge in [0.05, 0.1) is 12.6 Å². The molecular weight excluding hydrogens is 242 g/mol. The van der Waals surface area contributed by atoms with Crippen LogP contribution in [0.5, 0.6) is 0 Å². The summed E-state index contributed by atoms with van der Waals surface area (Å²) in [6, 6.07) is 4.71. The van der Waals surface area contributed by atoms with Gasteiger partial charge in [-0.25, -0.2) is 0 Å². The van der Waals surface area contributed by atoms with Gasteiger partial charge in [-0.1, -0.05) is 24.8 Å². The summed E-state index contributed by atoms with van der Waals surface area (Å²) in [7, 11) is 0. The highest BCUT2D eigenvalue weighted by Crippen LogP contribution is 2.35. The Labute approximate surface area is 113 Å². The Morgan fingerprint density at radius 2 is 2.33 bits per heavy atom. The highest BCUT2D eigenvalue weighted by atomic mass is 32.2. The summed E-state index contributed by atoms with van der Waals surface area (Å²) in [4.78, 5) is 11.5. The van der Waals surface area contributed by atoms with Crippen LogP contribution in [0.4, 0.5) is 0 Å². The highest BCUT2D eigenvalue weighted by molar-refractivity contribution is 8.14. The quantitative estimate of drug-likeness (QED) is 0.777. The van der Waals surface area contributed by atoms with Crippen molar-refractivity contribution in [2.24, 2.45) is 4.99 Å². The molecule has 1 aromatic heterocycles. The van der Waals surface area contributed by atoms with Crippen LogP contribution in [0.3, 0.4) is 0 Å². The number of rotatable bonds is 1. The van der Waals surface area contributed by atoms with Crippen molar-refractivity contribution in [3.8, 4) is 0 Å². The van der Waals surface area contributed by atoms with Crippen molar-refractivity contribution < 1.29 is 0 Å².